The van der Waals surface area contributed by atoms with Crippen LogP contribution in [0.15, 0.2) is 53.4 Å². The van der Waals surface area contributed by atoms with Gasteiger partial charge in [-0.25, -0.2) is 0 Å². The molecular weight excluding hydrogens is 360 g/mol. The van der Waals surface area contributed by atoms with E-state index in [1.165, 1.54) is 23.5 Å². The number of hydrogen-bond donors (Lipinski definition) is 2. The summed E-state index contributed by atoms with van der Waals surface area (Å²) in [6.07, 6.45) is 0. The van der Waals surface area contributed by atoms with E-state index in [0.717, 1.165) is 22.3 Å². The van der Waals surface area contributed by atoms with Crippen LogP contribution in [0.5, 0.6) is 0 Å². The Bertz CT molecular complexity index is 989. The van der Waals surface area contributed by atoms with E-state index in [4.69, 9.17) is 14.7 Å². The predicted molar refractivity (Wildman–Crippen MR) is 98.5 cm³/mol. The van der Waals surface area contributed by atoms with Crippen LogP contribution >= 0.6 is 11.3 Å². The third kappa shape index (κ3) is 5.23. The molecule has 1 heterocycles. The van der Waals surface area contributed by atoms with Gasteiger partial charge in [-0.2, -0.15) is 8.42 Å². The second kappa shape index (κ2) is 8.39. The highest BCUT2D eigenvalue weighted by Crippen LogP contribution is 2.15. The van der Waals surface area contributed by atoms with Crippen LogP contribution in [0.4, 0.5) is 0 Å². The molecule has 0 amide bonds. The van der Waals surface area contributed by atoms with E-state index >= 15 is 0 Å². The third-order valence-electron chi connectivity index (χ3n) is 3.45. The van der Waals surface area contributed by atoms with Crippen molar-refractivity contribution in [1.82, 2.24) is 4.57 Å². The molecule has 0 radical (unpaired) electrons. The molecule has 134 valence electrons. The zero-order valence-electron chi connectivity index (χ0n) is 14.0. The molecule has 8 heteroatoms. The Kier molecular flexibility index (Phi) is 6.49. The number of fused-ring (bicyclic) bond motifs is 1. The molecule has 0 fully saturated rings. The van der Waals surface area contributed by atoms with Crippen LogP contribution in [0.2, 0.25) is 0 Å². The van der Waals surface area contributed by atoms with E-state index in [9.17, 15) is 8.42 Å². The van der Waals surface area contributed by atoms with E-state index in [1.807, 2.05) is 35.8 Å². The standard InChI is InChI=1S/C10H12N2OS.C7H8O3S/c1-13-7-6-12-8-4-2-3-5-9(8)14-10(12)11;1-6-2-4-7(5-3-6)11(8,9)10/h2-5,11H,6-7H2,1H3;2-5H,1H3,(H,8,9,10). The number of nitrogens with one attached hydrogen (secondary N) is 1. The quantitative estimate of drug-likeness (QED) is 0.681. The Labute approximate surface area is 150 Å². The summed E-state index contributed by atoms with van der Waals surface area (Å²) in [4.78, 5) is 0.520. The van der Waals surface area contributed by atoms with Crippen molar-refractivity contribution in [3.8, 4) is 0 Å². The summed E-state index contributed by atoms with van der Waals surface area (Å²) >= 11 is 1.50. The van der Waals surface area contributed by atoms with Crippen molar-refractivity contribution in [2.75, 3.05) is 13.7 Å². The topological polar surface area (TPSA) is 92.4 Å². The van der Waals surface area contributed by atoms with Gasteiger partial charge >= 0.3 is 0 Å². The molecule has 3 rings (SSSR count). The molecule has 0 aliphatic rings. The van der Waals surface area contributed by atoms with Gasteiger partial charge < -0.3 is 9.30 Å². The molecular formula is C17H20N2O4S2. The SMILES string of the molecule is COCCn1c(=N)sc2ccccc21.Cc1ccc(S(=O)(=O)O)cc1. The summed E-state index contributed by atoms with van der Waals surface area (Å²) in [6, 6.07) is 14.1. The Hall–Kier alpha value is -2.00. The number of rotatable bonds is 4. The fourth-order valence-electron chi connectivity index (χ4n) is 2.15. The Morgan fingerprint density at radius 1 is 1.16 bits per heavy atom. The Morgan fingerprint density at radius 2 is 1.80 bits per heavy atom. The van der Waals surface area contributed by atoms with Crippen molar-refractivity contribution < 1.29 is 17.7 Å². The molecule has 0 bridgehead atoms. The first-order valence-corrected chi connectivity index (χ1v) is 9.74. The van der Waals surface area contributed by atoms with Gasteiger partial charge in [0.2, 0.25) is 0 Å². The number of benzene rings is 2. The van der Waals surface area contributed by atoms with E-state index in [2.05, 4.69) is 0 Å². The number of thiazole rings is 1. The molecule has 2 N–H and O–H groups in total. The van der Waals surface area contributed by atoms with Gasteiger partial charge in [0, 0.05) is 13.7 Å². The molecule has 1 aromatic heterocycles. The highest BCUT2D eigenvalue weighted by atomic mass is 32.2. The maximum atomic E-state index is 10.5. The molecule has 6 nitrogen and oxygen atoms in total. The molecule has 25 heavy (non-hydrogen) atoms. The third-order valence-corrected chi connectivity index (χ3v) is 5.29. The van der Waals surface area contributed by atoms with Gasteiger partial charge in [0.15, 0.2) is 4.80 Å². The van der Waals surface area contributed by atoms with Gasteiger partial charge in [0.05, 0.1) is 21.7 Å². The van der Waals surface area contributed by atoms with Crippen molar-refractivity contribution in [2.45, 2.75) is 18.4 Å². The minimum absolute atomic E-state index is 0.0666. The van der Waals surface area contributed by atoms with Crippen LogP contribution in [0.1, 0.15) is 5.56 Å². The van der Waals surface area contributed by atoms with Crippen molar-refractivity contribution in [2.24, 2.45) is 0 Å². The molecule has 2 aromatic carbocycles. The molecule has 0 aliphatic carbocycles. The summed E-state index contributed by atoms with van der Waals surface area (Å²) < 4.78 is 37.7. The minimum atomic E-state index is -4.02. The second-order valence-electron chi connectivity index (χ2n) is 5.31. The van der Waals surface area contributed by atoms with Crippen LogP contribution in [0, 0.1) is 12.3 Å². The molecule has 0 spiro atoms. The van der Waals surface area contributed by atoms with Gasteiger partial charge in [0.1, 0.15) is 0 Å². The van der Waals surface area contributed by atoms with Crippen LogP contribution < -0.4 is 4.80 Å². The first-order valence-electron chi connectivity index (χ1n) is 7.49. The second-order valence-corrected chi connectivity index (χ2v) is 7.76. The normalized spacial score (nSPS) is 11.2. The highest BCUT2D eigenvalue weighted by Gasteiger charge is 2.06. The summed E-state index contributed by atoms with van der Waals surface area (Å²) in [5, 5.41) is 7.80. The largest absolute Gasteiger partial charge is 0.383 e. The molecule has 3 aromatic rings. The lowest BCUT2D eigenvalue weighted by Crippen LogP contribution is -2.15. The molecule has 0 aliphatic heterocycles. The number of aryl methyl sites for hydroxylation is 1. The summed E-state index contributed by atoms with van der Waals surface area (Å²) in [5.74, 6) is 0. The Balaban J connectivity index is 0.000000186. The van der Waals surface area contributed by atoms with Gasteiger partial charge in [0.25, 0.3) is 10.1 Å². The monoisotopic (exact) mass is 380 g/mol. The van der Waals surface area contributed by atoms with E-state index in [0.29, 0.717) is 11.4 Å². The fraction of sp³-hybridized carbons (Fsp3) is 0.235. The average molecular weight is 380 g/mol. The number of hydrogen-bond acceptors (Lipinski definition) is 5. The number of methoxy groups -OCH3 is 1. The minimum Gasteiger partial charge on any atom is -0.383 e. The molecule has 0 atom stereocenters. The van der Waals surface area contributed by atoms with Gasteiger partial charge in [-0.3, -0.25) is 9.96 Å². The molecule has 0 saturated carbocycles. The van der Waals surface area contributed by atoms with Gasteiger partial charge in [-0.05, 0) is 31.2 Å². The average Bonchev–Trinajstić information content (AvgIpc) is 2.88. The van der Waals surface area contributed by atoms with Gasteiger partial charge in [-0.1, -0.05) is 41.2 Å². The first kappa shape index (κ1) is 19.3. The summed E-state index contributed by atoms with van der Waals surface area (Å²) in [5.41, 5.74) is 2.08. The zero-order valence-corrected chi connectivity index (χ0v) is 15.6. The molecule has 0 saturated heterocycles. The Morgan fingerprint density at radius 3 is 2.40 bits per heavy atom. The van der Waals surface area contributed by atoms with E-state index < -0.39 is 10.1 Å². The van der Waals surface area contributed by atoms with Crippen molar-refractivity contribution in [1.29, 1.82) is 5.41 Å². The van der Waals surface area contributed by atoms with E-state index in [1.54, 1.807) is 19.2 Å². The lowest BCUT2D eigenvalue weighted by atomic mass is 10.2. The van der Waals surface area contributed by atoms with Crippen molar-refractivity contribution >= 4 is 31.7 Å². The number of aromatic nitrogens is 1. The van der Waals surface area contributed by atoms with Crippen LogP contribution in [-0.4, -0.2) is 31.3 Å². The van der Waals surface area contributed by atoms with E-state index in [-0.39, 0.29) is 4.90 Å². The van der Waals surface area contributed by atoms with Crippen molar-refractivity contribution in [3.05, 3.63) is 58.9 Å². The fourth-order valence-corrected chi connectivity index (χ4v) is 3.57. The maximum absolute atomic E-state index is 10.5. The molecule has 0 unspecified atom stereocenters. The highest BCUT2D eigenvalue weighted by molar-refractivity contribution is 7.85. The number of nitrogens with zero attached hydrogens (tertiary/aromatic N) is 1. The lowest BCUT2D eigenvalue weighted by Gasteiger charge is -2.02. The zero-order chi connectivity index (χ0) is 18.4. The van der Waals surface area contributed by atoms with Crippen LogP contribution in [0.25, 0.3) is 10.2 Å². The van der Waals surface area contributed by atoms with Gasteiger partial charge in [-0.15, -0.1) is 0 Å². The number of para-hydroxylation sites is 1. The number of ether oxygens (including phenoxy) is 1. The van der Waals surface area contributed by atoms with Crippen molar-refractivity contribution in [3.63, 3.8) is 0 Å². The summed E-state index contributed by atoms with van der Waals surface area (Å²) in [6.45, 7) is 3.24. The maximum Gasteiger partial charge on any atom is 0.294 e. The predicted octanol–water partition coefficient (Wildman–Crippen LogP) is 3.07. The first-order chi connectivity index (χ1) is 11.8. The summed E-state index contributed by atoms with van der Waals surface area (Å²) in [7, 11) is -2.34. The lowest BCUT2D eigenvalue weighted by molar-refractivity contribution is 0.187. The van der Waals surface area contributed by atoms with Crippen LogP contribution in [0.3, 0.4) is 0 Å². The smallest absolute Gasteiger partial charge is 0.294 e. The van der Waals surface area contributed by atoms with Crippen LogP contribution in [-0.2, 0) is 21.4 Å².